The Kier molecular flexibility index (Phi) is 7.36. The van der Waals surface area contributed by atoms with Crippen LogP contribution in [0.15, 0.2) is 0 Å². The number of rotatable bonds is 7. The molecule has 0 aliphatic carbocycles. The van der Waals surface area contributed by atoms with Gasteiger partial charge in [0.2, 0.25) is 0 Å². The summed E-state index contributed by atoms with van der Waals surface area (Å²) in [5, 5.41) is 74.4. The topological polar surface area (TPSA) is 180 Å². The molecule has 8 atom stereocenters. The van der Waals surface area contributed by atoms with E-state index in [1.54, 1.807) is 0 Å². The molecule has 0 spiro atoms. The summed E-state index contributed by atoms with van der Waals surface area (Å²) in [5.41, 5.74) is 0. The number of hydrogen-bond donors (Lipinski definition) is 8. The van der Waals surface area contributed by atoms with E-state index in [2.05, 4.69) is 0 Å². The van der Waals surface area contributed by atoms with Gasteiger partial charge in [-0.05, 0) is 0 Å². The molecule has 1 rings (SSSR count). The molecule has 1 aliphatic heterocycles. The van der Waals surface area contributed by atoms with Crippen LogP contribution >= 0.6 is 0 Å². The number of hydrogen-bond acceptors (Lipinski definition) is 10. The lowest BCUT2D eigenvalue weighted by Gasteiger charge is -2.40. The standard InChI is InChI=1S/C11H22O10/c12-1-4(14)7(16)5(15)3-20-11-10(19)9(18)8(17)6(2-13)21-11/h4-19H,1-3H2/t4?,5?,6?,7-,8+,9?,10?,11+/m0/s1. The zero-order valence-electron chi connectivity index (χ0n) is 11.1. The Labute approximate surface area is 120 Å². The van der Waals surface area contributed by atoms with Gasteiger partial charge in [0, 0.05) is 0 Å². The first-order valence-electron chi connectivity index (χ1n) is 6.40. The third-order valence-electron chi connectivity index (χ3n) is 3.26. The van der Waals surface area contributed by atoms with Crippen LogP contribution in [-0.4, -0.2) is 110 Å². The molecule has 0 amide bonds. The first-order chi connectivity index (χ1) is 9.83. The largest absolute Gasteiger partial charge is 0.394 e. The van der Waals surface area contributed by atoms with Gasteiger partial charge >= 0.3 is 0 Å². The summed E-state index contributed by atoms with van der Waals surface area (Å²) >= 11 is 0. The summed E-state index contributed by atoms with van der Waals surface area (Å²) in [6.07, 6.45) is -12.2. The molecule has 0 aromatic rings. The van der Waals surface area contributed by atoms with Gasteiger partial charge in [-0.2, -0.15) is 0 Å². The van der Waals surface area contributed by atoms with Gasteiger partial charge in [-0.25, -0.2) is 0 Å². The summed E-state index contributed by atoms with van der Waals surface area (Å²) in [7, 11) is 0. The second-order valence-electron chi connectivity index (χ2n) is 4.84. The number of ether oxygens (including phenoxy) is 2. The summed E-state index contributed by atoms with van der Waals surface area (Å²) in [6, 6.07) is 0. The van der Waals surface area contributed by atoms with Crippen LogP contribution in [0, 0.1) is 0 Å². The Bertz CT molecular complexity index is 301. The van der Waals surface area contributed by atoms with Crippen molar-refractivity contribution in [2.75, 3.05) is 19.8 Å². The lowest BCUT2D eigenvalue weighted by molar-refractivity contribution is -0.306. The zero-order chi connectivity index (χ0) is 16.2. The predicted octanol–water partition coefficient (Wildman–Crippen LogP) is -5.12. The van der Waals surface area contributed by atoms with Crippen molar-refractivity contribution in [2.45, 2.75) is 49.0 Å². The summed E-state index contributed by atoms with van der Waals surface area (Å²) in [4.78, 5) is 0. The van der Waals surface area contributed by atoms with Crippen molar-refractivity contribution in [1.82, 2.24) is 0 Å². The van der Waals surface area contributed by atoms with Crippen LogP contribution in [0.4, 0.5) is 0 Å². The van der Waals surface area contributed by atoms with E-state index in [9.17, 15) is 25.5 Å². The van der Waals surface area contributed by atoms with Crippen LogP contribution in [0.3, 0.4) is 0 Å². The molecule has 8 N–H and O–H groups in total. The Hall–Kier alpha value is -0.400. The molecular formula is C11H22O10. The minimum atomic E-state index is -1.68. The Morgan fingerprint density at radius 2 is 1.52 bits per heavy atom. The minimum Gasteiger partial charge on any atom is -0.394 e. The predicted molar refractivity (Wildman–Crippen MR) is 64.8 cm³/mol. The molecule has 0 bridgehead atoms. The second kappa shape index (κ2) is 8.29. The quantitative estimate of drug-likeness (QED) is 0.226. The van der Waals surface area contributed by atoms with Crippen LogP contribution in [0.2, 0.25) is 0 Å². The summed E-state index contributed by atoms with van der Waals surface area (Å²) in [6.45, 7) is -1.97. The van der Waals surface area contributed by atoms with Gasteiger partial charge in [0.15, 0.2) is 6.29 Å². The molecule has 1 heterocycles. The van der Waals surface area contributed by atoms with E-state index < -0.39 is 68.8 Å². The van der Waals surface area contributed by atoms with E-state index in [4.69, 9.17) is 24.8 Å². The first-order valence-corrected chi connectivity index (χ1v) is 6.40. The van der Waals surface area contributed by atoms with Crippen LogP contribution in [0.5, 0.6) is 0 Å². The molecule has 1 saturated heterocycles. The van der Waals surface area contributed by atoms with Gasteiger partial charge in [-0.3, -0.25) is 0 Å². The number of aliphatic hydroxyl groups is 8. The van der Waals surface area contributed by atoms with Crippen LogP contribution in [-0.2, 0) is 9.47 Å². The third-order valence-corrected chi connectivity index (χ3v) is 3.26. The Morgan fingerprint density at radius 3 is 2.05 bits per heavy atom. The molecule has 21 heavy (non-hydrogen) atoms. The van der Waals surface area contributed by atoms with Gasteiger partial charge in [0.05, 0.1) is 19.8 Å². The van der Waals surface area contributed by atoms with Crippen molar-refractivity contribution in [3.05, 3.63) is 0 Å². The fourth-order valence-corrected chi connectivity index (χ4v) is 1.86. The smallest absolute Gasteiger partial charge is 0.186 e. The highest BCUT2D eigenvalue weighted by atomic mass is 16.7. The molecule has 0 aromatic carbocycles. The lowest BCUT2D eigenvalue weighted by Crippen LogP contribution is -2.59. The average Bonchev–Trinajstić information content (AvgIpc) is 2.50. The van der Waals surface area contributed by atoms with Crippen molar-refractivity contribution < 1.29 is 50.3 Å². The van der Waals surface area contributed by atoms with Crippen LogP contribution in [0.1, 0.15) is 0 Å². The van der Waals surface area contributed by atoms with E-state index in [0.29, 0.717) is 0 Å². The fraction of sp³-hybridized carbons (Fsp3) is 1.00. The van der Waals surface area contributed by atoms with Crippen molar-refractivity contribution in [1.29, 1.82) is 0 Å². The third kappa shape index (κ3) is 4.53. The highest BCUT2D eigenvalue weighted by molar-refractivity contribution is 4.89. The average molecular weight is 314 g/mol. The van der Waals surface area contributed by atoms with E-state index in [-0.39, 0.29) is 0 Å². The van der Waals surface area contributed by atoms with E-state index in [1.165, 1.54) is 0 Å². The normalized spacial score (nSPS) is 38.0. The number of aliphatic hydroxyl groups excluding tert-OH is 8. The first kappa shape index (κ1) is 18.6. The van der Waals surface area contributed by atoms with Crippen LogP contribution in [0.25, 0.3) is 0 Å². The van der Waals surface area contributed by atoms with Gasteiger partial charge in [0.1, 0.15) is 42.7 Å². The van der Waals surface area contributed by atoms with Gasteiger partial charge in [-0.15, -0.1) is 0 Å². The summed E-state index contributed by atoms with van der Waals surface area (Å²) in [5.74, 6) is 0. The van der Waals surface area contributed by atoms with Gasteiger partial charge in [0.25, 0.3) is 0 Å². The molecule has 1 fully saturated rings. The molecule has 5 unspecified atom stereocenters. The highest BCUT2D eigenvalue weighted by Gasteiger charge is 2.44. The molecule has 0 radical (unpaired) electrons. The summed E-state index contributed by atoms with van der Waals surface area (Å²) < 4.78 is 9.98. The monoisotopic (exact) mass is 314 g/mol. The van der Waals surface area contributed by atoms with E-state index >= 15 is 0 Å². The van der Waals surface area contributed by atoms with Crippen molar-refractivity contribution in [3.63, 3.8) is 0 Å². The zero-order valence-corrected chi connectivity index (χ0v) is 11.1. The molecule has 0 aromatic heterocycles. The van der Waals surface area contributed by atoms with Crippen molar-refractivity contribution in [2.24, 2.45) is 0 Å². The fourth-order valence-electron chi connectivity index (χ4n) is 1.86. The molecule has 10 heteroatoms. The lowest BCUT2D eigenvalue weighted by atomic mass is 9.99. The Balaban J connectivity index is 2.53. The molecule has 0 saturated carbocycles. The SMILES string of the molecule is OCC(O)[C@H](O)C(O)CO[C@@H]1OC(CO)[C@@H](O)C(O)C1O. The molecule has 10 nitrogen and oxygen atoms in total. The van der Waals surface area contributed by atoms with E-state index in [1.807, 2.05) is 0 Å². The molecular weight excluding hydrogens is 292 g/mol. The maximum absolute atomic E-state index is 9.65. The van der Waals surface area contributed by atoms with Gasteiger partial charge < -0.3 is 50.3 Å². The second-order valence-corrected chi connectivity index (χ2v) is 4.84. The minimum absolute atomic E-state index is 0.582. The van der Waals surface area contributed by atoms with Gasteiger partial charge in [-0.1, -0.05) is 0 Å². The van der Waals surface area contributed by atoms with Crippen molar-refractivity contribution in [3.8, 4) is 0 Å². The van der Waals surface area contributed by atoms with E-state index in [0.717, 1.165) is 0 Å². The highest BCUT2D eigenvalue weighted by Crippen LogP contribution is 2.22. The van der Waals surface area contributed by atoms with Crippen LogP contribution < -0.4 is 0 Å². The van der Waals surface area contributed by atoms with Crippen molar-refractivity contribution >= 4 is 0 Å². The molecule has 1 aliphatic rings. The Morgan fingerprint density at radius 1 is 0.905 bits per heavy atom. The maximum Gasteiger partial charge on any atom is 0.186 e. The molecule has 126 valence electrons. The maximum atomic E-state index is 9.65.